The Morgan fingerprint density at radius 3 is 3.14 bits per heavy atom. The Kier molecular flexibility index (Phi) is 4.97. The van der Waals surface area contributed by atoms with E-state index in [1.165, 1.54) is 22.4 Å². The van der Waals surface area contributed by atoms with Crippen LogP contribution in [0.2, 0.25) is 0 Å². The van der Waals surface area contributed by atoms with Gasteiger partial charge in [-0.3, -0.25) is 9.88 Å². The molecule has 0 saturated heterocycles. The summed E-state index contributed by atoms with van der Waals surface area (Å²) in [5.74, 6) is 0. The molecule has 0 N–H and O–H groups in total. The first-order valence-corrected chi connectivity index (χ1v) is 8.41. The molecule has 5 heteroatoms. The molecular formula is C17H21N3OS. The third-order valence-corrected chi connectivity index (χ3v) is 4.68. The number of ether oxygens (including phenoxy) is 1. The highest BCUT2D eigenvalue weighted by Gasteiger charge is 2.19. The molecule has 0 bridgehead atoms. The van der Waals surface area contributed by atoms with Crippen molar-refractivity contribution in [2.45, 2.75) is 33.0 Å². The molecule has 0 unspecified atom stereocenters. The van der Waals surface area contributed by atoms with Crippen molar-refractivity contribution in [3.63, 3.8) is 0 Å². The fraction of sp³-hybridized carbons (Fsp3) is 0.412. The Hall–Kier alpha value is -1.56. The second-order valence-corrected chi connectivity index (χ2v) is 6.62. The van der Waals surface area contributed by atoms with Crippen molar-refractivity contribution in [1.82, 2.24) is 14.9 Å². The van der Waals surface area contributed by atoms with Crippen molar-refractivity contribution in [3.05, 3.63) is 57.8 Å². The summed E-state index contributed by atoms with van der Waals surface area (Å²) < 4.78 is 5.58. The predicted octanol–water partition coefficient (Wildman–Crippen LogP) is 3.11. The lowest BCUT2D eigenvalue weighted by Gasteiger charge is -2.29. The van der Waals surface area contributed by atoms with Crippen molar-refractivity contribution in [3.8, 4) is 0 Å². The van der Waals surface area contributed by atoms with E-state index in [0.29, 0.717) is 13.2 Å². The van der Waals surface area contributed by atoms with E-state index in [-0.39, 0.29) is 0 Å². The standard InChI is InChI=1S/C17H21N3OS/c1-3-6-21-11-15-8-18-7-14-9-20(5-4-17(14)15)10-16-12-22-13(2)19-16/h3,7-8,12H,1,4-6,9-11H2,2H3. The maximum Gasteiger partial charge on any atom is 0.0897 e. The molecule has 0 saturated carbocycles. The quantitative estimate of drug-likeness (QED) is 0.606. The molecule has 0 amide bonds. The van der Waals surface area contributed by atoms with E-state index < -0.39 is 0 Å². The van der Waals surface area contributed by atoms with Gasteiger partial charge in [-0.2, -0.15) is 0 Å². The monoisotopic (exact) mass is 315 g/mol. The molecule has 0 atom stereocenters. The van der Waals surface area contributed by atoms with E-state index in [2.05, 4.69) is 33.8 Å². The summed E-state index contributed by atoms with van der Waals surface area (Å²) in [5.41, 5.74) is 5.11. The van der Waals surface area contributed by atoms with Crippen LogP contribution in [0.25, 0.3) is 0 Å². The van der Waals surface area contributed by atoms with Gasteiger partial charge < -0.3 is 4.74 Å². The van der Waals surface area contributed by atoms with Gasteiger partial charge in [-0.1, -0.05) is 6.08 Å². The van der Waals surface area contributed by atoms with Gasteiger partial charge in [0.2, 0.25) is 0 Å². The molecule has 2 aromatic rings. The van der Waals surface area contributed by atoms with Gasteiger partial charge in [0.15, 0.2) is 0 Å². The van der Waals surface area contributed by atoms with Crippen molar-refractivity contribution in [1.29, 1.82) is 0 Å². The molecule has 1 aliphatic heterocycles. The number of hydrogen-bond acceptors (Lipinski definition) is 5. The first-order valence-electron chi connectivity index (χ1n) is 7.53. The molecule has 22 heavy (non-hydrogen) atoms. The van der Waals surface area contributed by atoms with Crippen LogP contribution in [-0.2, 0) is 30.9 Å². The highest BCUT2D eigenvalue weighted by Crippen LogP contribution is 2.23. The molecular weight excluding hydrogens is 294 g/mol. The number of nitrogens with zero attached hydrogens (tertiary/aromatic N) is 3. The second kappa shape index (κ2) is 7.13. The van der Waals surface area contributed by atoms with Crippen LogP contribution in [0.15, 0.2) is 30.4 Å². The van der Waals surface area contributed by atoms with Crippen molar-refractivity contribution in [2.24, 2.45) is 0 Å². The van der Waals surface area contributed by atoms with Crippen LogP contribution >= 0.6 is 11.3 Å². The van der Waals surface area contributed by atoms with Gasteiger partial charge in [0.25, 0.3) is 0 Å². The number of fused-ring (bicyclic) bond motifs is 1. The number of rotatable bonds is 6. The van der Waals surface area contributed by atoms with Crippen LogP contribution in [-0.4, -0.2) is 28.0 Å². The minimum Gasteiger partial charge on any atom is -0.373 e. The summed E-state index contributed by atoms with van der Waals surface area (Å²) in [4.78, 5) is 11.4. The van der Waals surface area contributed by atoms with Gasteiger partial charge in [-0.05, 0) is 30.0 Å². The smallest absolute Gasteiger partial charge is 0.0897 e. The van der Waals surface area contributed by atoms with Crippen LogP contribution in [0.3, 0.4) is 0 Å². The van der Waals surface area contributed by atoms with Crippen molar-refractivity contribution < 1.29 is 4.74 Å². The second-order valence-electron chi connectivity index (χ2n) is 5.56. The zero-order chi connectivity index (χ0) is 15.4. The highest BCUT2D eigenvalue weighted by molar-refractivity contribution is 7.09. The van der Waals surface area contributed by atoms with Crippen molar-refractivity contribution in [2.75, 3.05) is 13.2 Å². The molecule has 4 nitrogen and oxygen atoms in total. The molecule has 0 fully saturated rings. The Bertz CT molecular complexity index is 653. The first kappa shape index (κ1) is 15.3. The molecule has 2 aromatic heterocycles. The Labute approximate surface area is 135 Å². The molecule has 0 aliphatic carbocycles. The summed E-state index contributed by atoms with van der Waals surface area (Å²) in [6.45, 7) is 9.85. The Morgan fingerprint density at radius 1 is 1.45 bits per heavy atom. The lowest BCUT2D eigenvalue weighted by Crippen LogP contribution is -2.31. The number of aromatic nitrogens is 2. The third kappa shape index (κ3) is 3.61. The van der Waals surface area contributed by atoms with Crippen molar-refractivity contribution >= 4 is 11.3 Å². The van der Waals surface area contributed by atoms with E-state index in [0.717, 1.165) is 31.1 Å². The SMILES string of the molecule is C=CCOCc1cncc2c1CCN(Cc1csc(C)n1)C2. The third-order valence-electron chi connectivity index (χ3n) is 3.85. The fourth-order valence-electron chi connectivity index (χ4n) is 2.85. The molecule has 116 valence electrons. The maximum absolute atomic E-state index is 5.58. The average Bonchev–Trinajstić information content (AvgIpc) is 2.92. The summed E-state index contributed by atoms with van der Waals surface area (Å²) in [6, 6.07) is 0. The summed E-state index contributed by atoms with van der Waals surface area (Å²) in [6.07, 6.45) is 6.75. The minimum absolute atomic E-state index is 0.582. The lowest BCUT2D eigenvalue weighted by atomic mass is 9.97. The molecule has 0 radical (unpaired) electrons. The summed E-state index contributed by atoms with van der Waals surface area (Å²) in [5, 5.41) is 3.29. The van der Waals surface area contributed by atoms with Gasteiger partial charge in [-0.25, -0.2) is 4.98 Å². The topological polar surface area (TPSA) is 38.2 Å². The van der Waals surface area contributed by atoms with E-state index in [1.807, 2.05) is 12.4 Å². The summed E-state index contributed by atoms with van der Waals surface area (Å²) in [7, 11) is 0. The fourth-order valence-corrected chi connectivity index (χ4v) is 3.45. The van der Waals surface area contributed by atoms with Gasteiger partial charge in [0.1, 0.15) is 0 Å². The molecule has 3 rings (SSSR count). The number of thiazole rings is 1. The number of aryl methyl sites for hydroxylation is 1. The zero-order valence-corrected chi connectivity index (χ0v) is 13.7. The first-order chi connectivity index (χ1) is 10.8. The van der Waals surface area contributed by atoms with Crippen LogP contribution in [0.5, 0.6) is 0 Å². The number of hydrogen-bond donors (Lipinski definition) is 0. The van der Waals surface area contributed by atoms with Gasteiger partial charge in [0, 0.05) is 37.4 Å². The van der Waals surface area contributed by atoms with E-state index >= 15 is 0 Å². The van der Waals surface area contributed by atoms with Crippen LogP contribution in [0.4, 0.5) is 0 Å². The van der Waals surface area contributed by atoms with E-state index in [1.54, 1.807) is 17.4 Å². The molecule has 1 aliphatic rings. The molecule has 0 spiro atoms. The van der Waals surface area contributed by atoms with E-state index in [4.69, 9.17) is 4.74 Å². The Balaban J connectivity index is 1.67. The zero-order valence-electron chi connectivity index (χ0n) is 12.9. The molecule has 0 aromatic carbocycles. The van der Waals surface area contributed by atoms with Crippen LogP contribution < -0.4 is 0 Å². The minimum atomic E-state index is 0.582. The predicted molar refractivity (Wildman–Crippen MR) is 88.8 cm³/mol. The normalized spacial score (nSPS) is 14.8. The van der Waals surface area contributed by atoms with Crippen LogP contribution in [0.1, 0.15) is 27.4 Å². The Morgan fingerprint density at radius 2 is 2.36 bits per heavy atom. The van der Waals surface area contributed by atoms with Crippen LogP contribution in [0, 0.1) is 6.92 Å². The lowest BCUT2D eigenvalue weighted by molar-refractivity contribution is 0.147. The van der Waals surface area contributed by atoms with Gasteiger partial charge in [0.05, 0.1) is 23.9 Å². The highest BCUT2D eigenvalue weighted by atomic mass is 32.1. The number of pyridine rings is 1. The average molecular weight is 315 g/mol. The summed E-state index contributed by atoms with van der Waals surface area (Å²) >= 11 is 1.72. The maximum atomic E-state index is 5.58. The van der Waals surface area contributed by atoms with Gasteiger partial charge >= 0.3 is 0 Å². The van der Waals surface area contributed by atoms with Gasteiger partial charge in [-0.15, -0.1) is 17.9 Å². The van der Waals surface area contributed by atoms with E-state index in [9.17, 15) is 0 Å². The molecule has 3 heterocycles. The largest absolute Gasteiger partial charge is 0.373 e.